The van der Waals surface area contributed by atoms with Gasteiger partial charge >= 0.3 is 0 Å². The lowest BCUT2D eigenvalue weighted by molar-refractivity contribution is -0.384. The van der Waals surface area contributed by atoms with E-state index in [1.54, 1.807) is 54.6 Å². The number of ether oxygens (including phenoxy) is 1. The number of allylic oxidation sites excluding steroid dienone is 1. The molecule has 6 heteroatoms. The summed E-state index contributed by atoms with van der Waals surface area (Å²) >= 11 is 0. The van der Waals surface area contributed by atoms with E-state index in [0.717, 1.165) is 0 Å². The molecule has 0 aliphatic heterocycles. The van der Waals surface area contributed by atoms with Crippen molar-refractivity contribution in [3.05, 3.63) is 105 Å². The van der Waals surface area contributed by atoms with Crippen LogP contribution in [0.5, 0.6) is 5.75 Å². The molecule has 0 saturated heterocycles. The van der Waals surface area contributed by atoms with Crippen LogP contribution in [-0.4, -0.2) is 4.92 Å². The van der Waals surface area contributed by atoms with E-state index in [1.807, 2.05) is 0 Å². The highest BCUT2D eigenvalue weighted by Gasteiger charge is 2.09. The van der Waals surface area contributed by atoms with Crippen LogP contribution in [0.4, 0.5) is 10.1 Å². The highest BCUT2D eigenvalue weighted by atomic mass is 19.1. The van der Waals surface area contributed by atoms with Gasteiger partial charge in [0.25, 0.3) is 5.69 Å². The number of para-hydroxylation sites is 1. The van der Waals surface area contributed by atoms with Crippen LogP contribution in [-0.2, 0) is 6.61 Å². The Kier molecular flexibility index (Phi) is 5.78. The summed E-state index contributed by atoms with van der Waals surface area (Å²) in [5.74, 6) is 0.0898. The topological polar surface area (TPSA) is 76.2 Å². The van der Waals surface area contributed by atoms with Crippen molar-refractivity contribution in [1.29, 1.82) is 5.26 Å². The van der Waals surface area contributed by atoms with E-state index in [1.165, 1.54) is 24.3 Å². The molecule has 28 heavy (non-hydrogen) atoms. The summed E-state index contributed by atoms with van der Waals surface area (Å²) in [5, 5.41) is 20.4. The van der Waals surface area contributed by atoms with Crippen molar-refractivity contribution >= 4 is 17.3 Å². The normalized spacial score (nSPS) is 10.9. The van der Waals surface area contributed by atoms with Crippen LogP contribution in [0.3, 0.4) is 0 Å². The van der Waals surface area contributed by atoms with Gasteiger partial charge in [-0.05, 0) is 35.4 Å². The Bertz CT molecular complexity index is 1090. The number of halogens is 1. The van der Waals surface area contributed by atoms with Crippen LogP contribution in [0.1, 0.15) is 16.7 Å². The third-order valence-corrected chi connectivity index (χ3v) is 3.99. The number of nitro benzene ring substituents is 1. The van der Waals surface area contributed by atoms with Gasteiger partial charge in [-0.25, -0.2) is 4.39 Å². The van der Waals surface area contributed by atoms with Gasteiger partial charge in [-0.2, -0.15) is 5.26 Å². The Hall–Kier alpha value is -3.98. The minimum absolute atomic E-state index is 0.00727. The Morgan fingerprint density at radius 3 is 2.64 bits per heavy atom. The van der Waals surface area contributed by atoms with Gasteiger partial charge in [0.1, 0.15) is 18.2 Å². The monoisotopic (exact) mass is 374 g/mol. The Balaban J connectivity index is 1.86. The van der Waals surface area contributed by atoms with Gasteiger partial charge in [-0.1, -0.05) is 42.5 Å². The van der Waals surface area contributed by atoms with E-state index in [-0.39, 0.29) is 12.3 Å². The van der Waals surface area contributed by atoms with E-state index in [2.05, 4.69) is 6.07 Å². The number of rotatable bonds is 6. The largest absolute Gasteiger partial charge is 0.488 e. The van der Waals surface area contributed by atoms with Crippen molar-refractivity contribution in [1.82, 2.24) is 0 Å². The molecule has 3 aromatic rings. The first-order chi connectivity index (χ1) is 13.6. The molecule has 0 heterocycles. The van der Waals surface area contributed by atoms with Gasteiger partial charge in [0.2, 0.25) is 0 Å². The highest BCUT2D eigenvalue weighted by molar-refractivity contribution is 5.90. The lowest BCUT2D eigenvalue weighted by Gasteiger charge is -2.10. The van der Waals surface area contributed by atoms with Crippen LogP contribution in [0.15, 0.2) is 72.8 Å². The number of benzene rings is 3. The molecule has 0 aliphatic rings. The lowest BCUT2D eigenvalue weighted by atomic mass is 10.0. The van der Waals surface area contributed by atoms with Gasteiger partial charge in [0, 0.05) is 17.7 Å². The molecule has 0 atom stereocenters. The van der Waals surface area contributed by atoms with Gasteiger partial charge in [0.05, 0.1) is 16.6 Å². The maximum atomic E-state index is 13.5. The molecular weight excluding hydrogens is 359 g/mol. The smallest absolute Gasteiger partial charge is 0.269 e. The van der Waals surface area contributed by atoms with Crippen molar-refractivity contribution in [2.24, 2.45) is 0 Å². The van der Waals surface area contributed by atoms with Crippen LogP contribution in [0, 0.1) is 27.3 Å². The number of hydrogen-bond acceptors (Lipinski definition) is 4. The maximum Gasteiger partial charge on any atom is 0.269 e. The van der Waals surface area contributed by atoms with Crippen molar-refractivity contribution in [2.45, 2.75) is 6.61 Å². The molecule has 0 saturated carbocycles. The average molecular weight is 374 g/mol. The number of hydrogen-bond donors (Lipinski definition) is 0. The first kappa shape index (κ1) is 18.8. The van der Waals surface area contributed by atoms with Gasteiger partial charge < -0.3 is 4.74 Å². The van der Waals surface area contributed by atoms with Crippen LogP contribution >= 0.6 is 0 Å². The van der Waals surface area contributed by atoms with Gasteiger partial charge in [-0.3, -0.25) is 10.1 Å². The molecule has 0 unspecified atom stereocenters. The van der Waals surface area contributed by atoms with E-state index in [4.69, 9.17) is 4.74 Å². The fourth-order valence-electron chi connectivity index (χ4n) is 2.64. The SMILES string of the molecule is N#C/C(=C\c1ccccc1OCc1cccc([N+](=O)[O-])c1)c1cccc(F)c1. The van der Waals surface area contributed by atoms with Crippen molar-refractivity contribution < 1.29 is 14.1 Å². The predicted molar refractivity (Wildman–Crippen MR) is 104 cm³/mol. The molecule has 3 rings (SSSR count). The summed E-state index contributed by atoms with van der Waals surface area (Å²) in [4.78, 5) is 10.4. The Labute approximate surface area is 161 Å². The number of nitro groups is 1. The molecule has 0 N–H and O–H groups in total. The van der Waals surface area contributed by atoms with Gasteiger partial charge in [-0.15, -0.1) is 0 Å². The fourth-order valence-corrected chi connectivity index (χ4v) is 2.64. The molecule has 0 aliphatic carbocycles. The second-order valence-corrected chi connectivity index (χ2v) is 5.93. The van der Waals surface area contributed by atoms with E-state index in [0.29, 0.717) is 28.0 Å². The lowest BCUT2D eigenvalue weighted by Crippen LogP contribution is -1.98. The van der Waals surface area contributed by atoms with E-state index < -0.39 is 10.7 Å². The molecule has 0 spiro atoms. The molecule has 0 radical (unpaired) electrons. The molecule has 0 amide bonds. The predicted octanol–water partition coefficient (Wildman–Crippen LogP) is 5.38. The van der Waals surface area contributed by atoms with Gasteiger partial charge in [0.15, 0.2) is 0 Å². The maximum absolute atomic E-state index is 13.5. The van der Waals surface area contributed by atoms with Crippen LogP contribution in [0.25, 0.3) is 11.6 Å². The minimum atomic E-state index is -0.460. The van der Waals surface area contributed by atoms with Crippen molar-refractivity contribution in [3.63, 3.8) is 0 Å². The molecule has 5 nitrogen and oxygen atoms in total. The summed E-state index contributed by atoms with van der Waals surface area (Å²) in [5.41, 5.74) is 2.06. The van der Waals surface area contributed by atoms with Crippen LogP contribution in [0.2, 0.25) is 0 Å². The zero-order chi connectivity index (χ0) is 19.9. The Morgan fingerprint density at radius 1 is 1.11 bits per heavy atom. The van der Waals surface area contributed by atoms with Crippen molar-refractivity contribution in [2.75, 3.05) is 0 Å². The third kappa shape index (κ3) is 4.59. The molecule has 3 aromatic carbocycles. The second-order valence-electron chi connectivity index (χ2n) is 5.93. The minimum Gasteiger partial charge on any atom is -0.488 e. The third-order valence-electron chi connectivity index (χ3n) is 3.99. The first-order valence-corrected chi connectivity index (χ1v) is 8.40. The number of nitrogens with zero attached hydrogens (tertiary/aromatic N) is 2. The number of nitriles is 1. The average Bonchev–Trinajstić information content (AvgIpc) is 2.71. The second kappa shape index (κ2) is 8.60. The summed E-state index contributed by atoms with van der Waals surface area (Å²) in [7, 11) is 0. The summed E-state index contributed by atoms with van der Waals surface area (Å²) in [6, 6.07) is 21.2. The molecule has 138 valence electrons. The van der Waals surface area contributed by atoms with Crippen molar-refractivity contribution in [3.8, 4) is 11.8 Å². The van der Waals surface area contributed by atoms with Crippen LogP contribution < -0.4 is 4.74 Å². The van der Waals surface area contributed by atoms with E-state index in [9.17, 15) is 19.8 Å². The summed E-state index contributed by atoms with van der Waals surface area (Å²) < 4.78 is 19.3. The molecular formula is C22H15FN2O3. The number of non-ortho nitro benzene ring substituents is 1. The highest BCUT2D eigenvalue weighted by Crippen LogP contribution is 2.26. The quantitative estimate of drug-likeness (QED) is 0.251. The fraction of sp³-hybridized carbons (Fsp3) is 0.0455. The zero-order valence-corrected chi connectivity index (χ0v) is 14.7. The summed E-state index contributed by atoms with van der Waals surface area (Å²) in [6.45, 7) is 0.133. The zero-order valence-electron chi connectivity index (χ0n) is 14.7. The van der Waals surface area contributed by atoms with E-state index >= 15 is 0 Å². The standard InChI is InChI=1S/C22H15FN2O3/c23-20-8-4-7-17(13-20)19(14-24)12-18-6-1-2-10-22(18)28-15-16-5-3-9-21(11-16)25(26)27/h1-13H,15H2/b19-12+. The Morgan fingerprint density at radius 2 is 1.89 bits per heavy atom. The summed E-state index contributed by atoms with van der Waals surface area (Å²) in [6.07, 6.45) is 1.62. The molecule has 0 fully saturated rings. The molecule has 0 aromatic heterocycles. The molecule has 0 bridgehead atoms. The first-order valence-electron chi connectivity index (χ1n) is 8.40.